The van der Waals surface area contributed by atoms with Gasteiger partial charge in [0.25, 0.3) is 0 Å². The van der Waals surface area contributed by atoms with E-state index in [4.69, 9.17) is 9.94 Å². The first-order valence-corrected chi connectivity index (χ1v) is 5.98. The smallest absolute Gasteiger partial charge is 0.306 e. The van der Waals surface area contributed by atoms with Crippen LogP contribution in [0.2, 0.25) is 0 Å². The zero-order valence-corrected chi connectivity index (χ0v) is 8.63. The summed E-state index contributed by atoms with van der Waals surface area (Å²) in [5, 5.41) is 8.63. The van der Waals surface area contributed by atoms with Crippen LogP contribution in [0.25, 0.3) is 0 Å². The second kappa shape index (κ2) is 3.84. The van der Waals surface area contributed by atoms with E-state index in [0.717, 1.165) is 0 Å². The number of carboxylic acid groups (broad SMARTS) is 1. The van der Waals surface area contributed by atoms with E-state index in [9.17, 15) is 13.2 Å². The SMILES string of the molecule is CNOC1(CC(=O)O)CCS(=O)(=O)C1. The minimum Gasteiger partial charge on any atom is -0.481 e. The van der Waals surface area contributed by atoms with Gasteiger partial charge in [-0.3, -0.25) is 9.63 Å². The number of sulfone groups is 1. The lowest BCUT2D eigenvalue weighted by Crippen LogP contribution is -2.40. The molecule has 1 atom stereocenters. The van der Waals surface area contributed by atoms with E-state index in [2.05, 4.69) is 5.48 Å². The summed E-state index contributed by atoms with van der Waals surface area (Å²) in [6.45, 7) is 0. The van der Waals surface area contributed by atoms with Crippen molar-refractivity contribution in [2.45, 2.75) is 18.4 Å². The van der Waals surface area contributed by atoms with Crippen LogP contribution in [0.1, 0.15) is 12.8 Å². The molecule has 7 heteroatoms. The summed E-state index contributed by atoms with van der Waals surface area (Å²) in [6, 6.07) is 0. The largest absolute Gasteiger partial charge is 0.481 e. The third-order valence-corrected chi connectivity index (χ3v) is 3.94. The Balaban J connectivity index is 2.80. The highest BCUT2D eigenvalue weighted by Gasteiger charge is 2.45. The van der Waals surface area contributed by atoms with E-state index in [1.165, 1.54) is 7.05 Å². The van der Waals surface area contributed by atoms with Crippen LogP contribution in [-0.4, -0.2) is 43.6 Å². The van der Waals surface area contributed by atoms with Crippen molar-refractivity contribution in [2.24, 2.45) is 0 Å². The molecule has 0 bridgehead atoms. The minimum absolute atomic E-state index is 0.0119. The van der Waals surface area contributed by atoms with Crippen molar-refractivity contribution < 1.29 is 23.2 Å². The highest BCUT2D eigenvalue weighted by molar-refractivity contribution is 7.91. The summed E-state index contributed by atoms with van der Waals surface area (Å²) in [5.74, 6) is -1.30. The molecule has 1 rings (SSSR count). The van der Waals surface area contributed by atoms with Gasteiger partial charge in [0.15, 0.2) is 9.84 Å². The van der Waals surface area contributed by atoms with Crippen molar-refractivity contribution in [2.75, 3.05) is 18.6 Å². The molecule has 1 aliphatic rings. The molecule has 6 nitrogen and oxygen atoms in total. The van der Waals surface area contributed by atoms with Gasteiger partial charge in [-0.15, -0.1) is 0 Å². The molecule has 0 amide bonds. The van der Waals surface area contributed by atoms with Gasteiger partial charge in [0, 0.05) is 7.05 Å². The fourth-order valence-electron chi connectivity index (χ4n) is 1.63. The number of carboxylic acids is 1. The molecule has 1 heterocycles. The minimum atomic E-state index is -3.15. The van der Waals surface area contributed by atoms with Gasteiger partial charge in [0.05, 0.1) is 17.9 Å². The molecule has 0 aromatic rings. The van der Waals surface area contributed by atoms with Crippen molar-refractivity contribution >= 4 is 15.8 Å². The molecule has 2 N–H and O–H groups in total. The first-order valence-electron chi connectivity index (χ1n) is 4.16. The third kappa shape index (κ3) is 2.66. The highest BCUT2D eigenvalue weighted by Crippen LogP contribution is 2.29. The zero-order valence-electron chi connectivity index (χ0n) is 7.82. The summed E-state index contributed by atoms with van der Waals surface area (Å²) >= 11 is 0. The van der Waals surface area contributed by atoms with Gasteiger partial charge < -0.3 is 5.11 Å². The number of rotatable bonds is 4. The fraction of sp³-hybridized carbons (Fsp3) is 0.857. The van der Waals surface area contributed by atoms with Crippen LogP contribution in [0.4, 0.5) is 0 Å². The molecule has 0 aliphatic carbocycles. The average molecular weight is 223 g/mol. The van der Waals surface area contributed by atoms with E-state index in [0.29, 0.717) is 0 Å². The van der Waals surface area contributed by atoms with E-state index < -0.39 is 21.4 Å². The van der Waals surface area contributed by atoms with Crippen LogP contribution in [0, 0.1) is 0 Å². The molecule has 0 aromatic heterocycles. The molecule has 0 aromatic carbocycles. The summed E-state index contributed by atoms with van der Waals surface area (Å²) in [6.07, 6.45) is -0.0739. The molecular formula is C7H13NO5S. The summed E-state index contributed by atoms with van der Waals surface area (Å²) in [5.41, 5.74) is 1.27. The lowest BCUT2D eigenvalue weighted by molar-refractivity contribution is -0.149. The van der Waals surface area contributed by atoms with E-state index in [1.807, 2.05) is 0 Å². The molecule has 1 aliphatic heterocycles. The van der Waals surface area contributed by atoms with Gasteiger partial charge in [-0.05, 0) is 6.42 Å². The summed E-state index contributed by atoms with van der Waals surface area (Å²) in [7, 11) is -1.67. The second-order valence-electron chi connectivity index (χ2n) is 3.40. The Labute approximate surface area is 82.1 Å². The molecule has 0 spiro atoms. The molecule has 0 saturated carbocycles. The van der Waals surface area contributed by atoms with E-state index in [-0.39, 0.29) is 24.3 Å². The molecule has 0 radical (unpaired) electrons. The second-order valence-corrected chi connectivity index (χ2v) is 5.59. The Kier molecular flexibility index (Phi) is 3.13. The maximum Gasteiger partial charge on any atom is 0.306 e. The topological polar surface area (TPSA) is 92.7 Å². The molecule has 1 fully saturated rings. The standard InChI is InChI=1S/C7H13NO5S/c1-8-13-7(4-6(9)10)2-3-14(11,12)5-7/h8H,2-5H2,1H3,(H,9,10). The van der Waals surface area contributed by atoms with Crippen molar-refractivity contribution in [1.29, 1.82) is 0 Å². The Bertz CT molecular complexity index is 325. The predicted molar refractivity (Wildman–Crippen MR) is 48.4 cm³/mol. The number of aliphatic carboxylic acids is 1. The molecule has 14 heavy (non-hydrogen) atoms. The van der Waals surface area contributed by atoms with E-state index >= 15 is 0 Å². The maximum absolute atomic E-state index is 11.2. The lowest BCUT2D eigenvalue weighted by atomic mass is 9.99. The van der Waals surface area contributed by atoms with E-state index in [1.54, 1.807) is 0 Å². The average Bonchev–Trinajstić information content (AvgIpc) is 2.26. The van der Waals surface area contributed by atoms with Crippen molar-refractivity contribution in [3.05, 3.63) is 0 Å². The molecule has 1 unspecified atom stereocenters. The first kappa shape index (κ1) is 11.4. The van der Waals surface area contributed by atoms with Gasteiger partial charge in [-0.25, -0.2) is 13.9 Å². The molecule has 82 valence electrons. The predicted octanol–water partition coefficient (Wildman–Crippen LogP) is -0.831. The van der Waals surface area contributed by atoms with Gasteiger partial charge in [0.1, 0.15) is 5.60 Å². The fourth-order valence-corrected chi connectivity index (χ4v) is 3.57. The number of hydrogen-bond acceptors (Lipinski definition) is 5. The Morgan fingerprint density at radius 2 is 2.29 bits per heavy atom. The van der Waals surface area contributed by atoms with Gasteiger partial charge in [-0.1, -0.05) is 0 Å². The zero-order chi connectivity index (χ0) is 10.8. The van der Waals surface area contributed by atoms with Gasteiger partial charge in [-0.2, -0.15) is 0 Å². The quantitative estimate of drug-likeness (QED) is 0.604. The normalized spacial score (nSPS) is 30.4. The van der Waals surface area contributed by atoms with Crippen molar-refractivity contribution in [3.63, 3.8) is 0 Å². The van der Waals surface area contributed by atoms with Crippen LogP contribution in [-0.2, 0) is 19.5 Å². The van der Waals surface area contributed by atoms with Crippen molar-refractivity contribution in [3.8, 4) is 0 Å². The third-order valence-electron chi connectivity index (χ3n) is 2.14. The summed E-state index contributed by atoms with van der Waals surface area (Å²) < 4.78 is 22.4. The first-order chi connectivity index (χ1) is 6.39. The van der Waals surface area contributed by atoms with Gasteiger partial charge in [0.2, 0.25) is 0 Å². The number of hydroxylamine groups is 1. The Morgan fingerprint density at radius 1 is 1.64 bits per heavy atom. The number of nitrogens with one attached hydrogen (secondary N) is 1. The van der Waals surface area contributed by atoms with Crippen LogP contribution < -0.4 is 5.48 Å². The van der Waals surface area contributed by atoms with Crippen molar-refractivity contribution in [1.82, 2.24) is 5.48 Å². The summed E-state index contributed by atoms with van der Waals surface area (Å²) in [4.78, 5) is 15.6. The number of hydrogen-bond donors (Lipinski definition) is 2. The van der Waals surface area contributed by atoms with Crippen LogP contribution in [0.15, 0.2) is 0 Å². The highest BCUT2D eigenvalue weighted by atomic mass is 32.2. The molecular weight excluding hydrogens is 210 g/mol. The van der Waals surface area contributed by atoms with Crippen LogP contribution >= 0.6 is 0 Å². The Morgan fingerprint density at radius 3 is 2.64 bits per heavy atom. The number of carbonyl (C=O) groups is 1. The Hall–Kier alpha value is -0.660. The lowest BCUT2D eigenvalue weighted by Gasteiger charge is -2.24. The van der Waals surface area contributed by atoms with Gasteiger partial charge >= 0.3 is 5.97 Å². The van der Waals surface area contributed by atoms with Crippen LogP contribution in [0.3, 0.4) is 0 Å². The van der Waals surface area contributed by atoms with Crippen LogP contribution in [0.5, 0.6) is 0 Å². The monoisotopic (exact) mass is 223 g/mol. The molecule has 1 saturated heterocycles. The maximum atomic E-state index is 11.2.